The van der Waals surface area contributed by atoms with Gasteiger partial charge in [-0.3, -0.25) is 9.59 Å². The van der Waals surface area contributed by atoms with E-state index in [-0.39, 0.29) is 11.8 Å². The second kappa shape index (κ2) is 10.1. The van der Waals surface area contributed by atoms with E-state index in [0.717, 1.165) is 43.7 Å². The Labute approximate surface area is 173 Å². The van der Waals surface area contributed by atoms with Crippen molar-refractivity contribution in [3.8, 4) is 5.75 Å². The fraction of sp³-hybridized carbons (Fsp3) is 0.417. The highest BCUT2D eigenvalue weighted by Crippen LogP contribution is 2.15. The maximum absolute atomic E-state index is 12.4. The number of amides is 2. The molecule has 0 atom stereocenters. The molecule has 29 heavy (non-hydrogen) atoms. The summed E-state index contributed by atoms with van der Waals surface area (Å²) in [5.74, 6) is 1.35. The van der Waals surface area contributed by atoms with Crippen LogP contribution >= 0.6 is 0 Å². The Hall–Kier alpha value is -2.82. The van der Waals surface area contributed by atoms with Gasteiger partial charge in [0.2, 0.25) is 0 Å². The first-order valence-corrected chi connectivity index (χ1v) is 10.4. The predicted molar refractivity (Wildman–Crippen MR) is 114 cm³/mol. The molecule has 154 valence electrons. The number of benzene rings is 2. The highest BCUT2D eigenvalue weighted by atomic mass is 16.5. The molecule has 1 aliphatic rings. The summed E-state index contributed by atoms with van der Waals surface area (Å²) in [5, 5.41) is 2.92. The van der Waals surface area contributed by atoms with Gasteiger partial charge in [0.05, 0.1) is 6.61 Å². The number of hydrogen-bond donors (Lipinski definition) is 1. The monoisotopic (exact) mass is 394 g/mol. The van der Waals surface area contributed by atoms with Gasteiger partial charge in [-0.25, -0.2) is 0 Å². The quantitative estimate of drug-likeness (QED) is 0.727. The largest absolute Gasteiger partial charge is 0.494 e. The van der Waals surface area contributed by atoms with Crippen molar-refractivity contribution in [1.29, 1.82) is 0 Å². The summed E-state index contributed by atoms with van der Waals surface area (Å²) in [6.45, 7) is 7.12. The van der Waals surface area contributed by atoms with E-state index in [1.165, 1.54) is 0 Å². The Morgan fingerprint density at radius 3 is 2.21 bits per heavy atom. The van der Waals surface area contributed by atoms with Gasteiger partial charge in [-0.15, -0.1) is 0 Å². The molecule has 0 saturated carbocycles. The van der Waals surface area contributed by atoms with Crippen molar-refractivity contribution in [2.75, 3.05) is 19.7 Å². The molecule has 0 bridgehead atoms. The van der Waals surface area contributed by atoms with Gasteiger partial charge in [0, 0.05) is 30.8 Å². The molecule has 1 heterocycles. The molecule has 5 heteroatoms. The van der Waals surface area contributed by atoms with Crippen molar-refractivity contribution in [3.63, 3.8) is 0 Å². The van der Waals surface area contributed by atoms with E-state index in [2.05, 4.69) is 19.2 Å². The smallest absolute Gasteiger partial charge is 0.253 e. The van der Waals surface area contributed by atoms with E-state index < -0.39 is 0 Å². The Morgan fingerprint density at radius 2 is 1.59 bits per heavy atom. The third-order valence-electron chi connectivity index (χ3n) is 5.13. The molecule has 0 aliphatic carbocycles. The first-order valence-electron chi connectivity index (χ1n) is 10.4. The van der Waals surface area contributed by atoms with Crippen molar-refractivity contribution < 1.29 is 14.3 Å². The highest BCUT2D eigenvalue weighted by Gasteiger charge is 2.19. The minimum Gasteiger partial charge on any atom is -0.494 e. The fourth-order valence-corrected chi connectivity index (χ4v) is 3.27. The summed E-state index contributed by atoms with van der Waals surface area (Å²) in [4.78, 5) is 26.6. The maximum Gasteiger partial charge on any atom is 0.253 e. The minimum atomic E-state index is -0.129. The van der Waals surface area contributed by atoms with E-state index >= 15 is 0 Å². The SMILES string of the molecule is CC(C)CCOc1ccc(C(=O)NCc2ccc(C(=O)N3CCCC3)cc2)cc1. The summed E-state index contributed by atoms with van der Waals surface area (Å²) in [6, 6.07) is 14.7. The van der Waals surface area contributed by atoms with Crippen LogP contribution in [0.5, 0.6) is 5.75 Å². The zero-order valence-electron chi connectivity index (χ0n) is 17.3. The average Bonchev–Trinajstić information content (AvgIpc) is 3.27. The van der Waals surface area contributed by atoms with Gasteiger partial charge in [-0.05, 0) is 67.1 Å². The topological polar surface area (TPSA) is 58.6 Å². The number of ether oxygens (including phenoxy) is 1. The second-order valence-corrected chi connectivity index (χ2v) is 7.93. The van der Waals surface area contributed by atoms with E-state index in [1.54, 1.807) is 12.1 Å². The molecule has 0 radical (unpaired) electrons. The van der Waals surface area contributed by atoms with Gasteiger partial charge in [0.25, 0.3) is 11.8 Å². The van der Waals surface area contributed by atoms with Crippen LogP contribution in [0.2, 0.25) is 0 Å². The first-order chi connectivity index (χ1) is 14.0. The van der Waals surface area contributed by atoms with Crippen LogP contribution < -0.4 is 10.1 Å². The fourth-order valence-electron chi connectivity index (χ4n) is 3.27. The van der Waals surface area contributed by atoms with Crippen molar-refractivity contribution in [2.24, 2.45) is 5.92 Å². The Kier molecular flexibility index (Phi) is 7.28. The van der Waals surface area contributed by atoms with Gasteiger partial charge in [0.1, 0.15) is 5.75 Å². The molecule has 0 aromatic heterocycles. The van der Waals surface area contributed by atoms with Crippen molar-refractivity contribution >= 4 is 11.8 Å². The molecule has 2 amide bonds. The molecule has 1 aliphatic heterocycles. The van der Waals surface area contributed by atoms with E-state index in [0.29, 0.717) is 30.2 Å². The Balaban J connectivity index is 1.48. The molecule has 2 aromatic carbocycles. The lowest BCUT2D eigenvalue weighted by Gasteiger charge is -2.15. The summed E-state index contributed by atoms with van der Waals surface area (Å²) < 4.78 is 5.69. The van der Waals surface area contributed by atoms with Crippen LogP contribution in [-0.2, 0) is 6.54 Å². The Bertz CT molecular complexity index is 807. The highest BCUT2D eigenvalue weighted by molar-refractivity contribution is 5.95. The van der Waals surface area contributed by atoms with Crippen LogP contribution in [0.15, 0.2) is 48.5 Å². The molecule has 5 nitrogen and oxygen atoms in total. The van der Waals surface area contributed by atoms with Gasteiger partial charge in [0.15, 0.2) is 0 Å². The molecule has 1 N–H and O–H groups in total. The Morgan fingerprint density at radius 1 is 0.966 bits per heavy atom. The predicted octanol–water partition coefficient (Wildman–Crippen LogP) is 4.28. The van der Waals surface area contributed by atoms with Gasteiger partial charge < -0.3 is 15.0 Å². The zero-order valence-corrected chi connectivity index (χ0v) is 17.3. The number of carbonyl (C=O) groups is 2. The van der Waals surface area contributed by atoms with Gasteiger partial charge in [-0.2, -0.15) is 0 Å². The van der Waals surface area contributed by atoms with Crippen LogP contribution in [0, 0.1) is 5.92 Å². The van der Waals surface area contributed by atoms with E-state index in [1.807, 2.05) is 41.3 Å². The standard InChI is InChI=1S/C24H30N2O3/c1-18(2)13-16-29-22-11-9-20(10-12-22)23(27)25-17-19-5-7-21(8-6-19)24(28)26-14-3-4-15-26/h5-12,18H,3-4,13-17H2,1-2H3,(H,25,27). The first kappa shape index (κ1) is 20.9. The number of hydrogen-bond acceptors (Lipinski definition) is 3. The molecule has 1 saturated heterocycles. The van der Waals surface area contributed by atoms with Crippen molar-refractivity contribution in [1.82, 2.24) is 10.2 Å². The molecule has 1 fully saturated rings. The van der Waals surface area contributed by atoms with E-state index in [4.69, 9.17) is 4.74 Å². The maximum atomic E-state index is 12.4. The second-order valence-electron chi connectivity index (χ2n) is 7.93. The van der Waals surface area contributed by atoms with Crippen LogP contribution in [0.3, 0.4) is 0 Å². The van der Waals surface area contributed by atoms with Crippen molar-refractivity contribution in [2.45, 2.75) is 39.7 Å². The van der Waals surface area contributed by atoms with Gasteiger partial charge >= 0.3 is 0 Å². The molecular weight excluding hydrogens is 364 g/mol. The van der Waals surface area contributed by atoms with Crippen LogP contribution in [-0.4, -0.2) is 36.4 Å². The third-order valence-corrected chi connectivity index (χ3v) is 5.13. The third kappa shape index (κ3) is 6.08. The molecular formula is C24H30N2O3. The molecule has 2 aromatic rings. The van der Waals surface area contributed by atoms with Crippen molar-refractivity contribution in [3.05, 3.63) is 65.2 Å². The minimum absolute atomic E-state index is 0.0915. The normalized spacial score (nSPS) is 13.6. The summed E-state index contributed by atoms with van der Waals surface area (Å²) >= 11 is 0. The number of nitrogens with one attached hydrogen (secondary N) is 1. The number of likely N-dealkylation sites (tertiary alicyclic amines) is 1. The number of rotatable bonds is 8. The number of carbonyl (C=O) groups excluding carboxylic acids is 2. The molecule has 3 rings (SSSR count). The molecule has 0 spiro atoms. The summed E-state index contributed by atoms with van der Waals surface area (Å²) in [6.07, 6.45) is 3.17. The summed E-state index contributed by atoms with van der Waals surface area (Å²) in [7, 11) is 0. The summed E-state index contributed by atoms with van der Waals surface area (Å²) in [5.41, 5.74) is 2.27. The zero-order chi connectivity index (χ0) is 20.6. The van der Waals surface area contributed by atoms with Crippen LogP contribution in [0.1, 0.15) is 59.4 Å². The average molecular weight is 395 g/mol. The van der Waals surface area contributed by atoms with Crippen LogP contribution in [0.4, 0.5) is 0 Å². The number of nitrogens with zero attached hydrogens (tertiary/aromatic N) is 1. The van der Waals surface area contributed by atoms with Crippen LogP contribution in [0.25, 0.3) is 0 Å². The van der Waals surface area contributed by atoms with E-state index in [9.17, 15) is 9.59 Å². The lowest BCUT2D eigenvalue weighted by molar-refractivity contribution is 0.0792. The van der Waals surface area contributed by atoms with Gasteiger partial charge in [-0.1, -0.05) is 26.0 Å². The molecule has 0 unspecified atom stereocenters. The lowest BCUT2D eigenvalue weighted by atomic mass is 10.1. The lowest BCUT2D eigenvalue weighted by Crippen LogP contribution is -2.27.